The molecular formula is C6H10F3NO4. The van der Waals surface area contributed by atoms with Gasteiger partial charge < -0.3 is 15.6 Å². The Morgan fingerprint density at radius 2 is 1.64 bits per heavy atom. The fourth-order valence-electron chi connectivity index (χ4n) is 0.232. The topological polar surface area (TPSA) is 89.6 Å². The van der Waals surface area contributed by atoms with E-state index in [1.165, 1.54) is 0 Å². The van der Waals surface area contributed by atoms with E-state index in [1.54, 1.807) is 13.8 Å². The molecule has 0 saturated heterocycles. The molecule has 14 heavy (non-hydrogen) atoms. The number of aliphatic carboxylic acids is 1. The minimum Gasteiger partial charge on any atom is -0.475 e. The molecule has 8 heteroatoms. The highest BCUT2D eigenvalue weighted by Crippen LogP contribution is 2.13. The van der Waals surface area contributed by atoms with Crippen LogP contribution in [0.1, 0.15) is 13.8 Å². The average Bonchev–Trinajstić information content (AvgIpc) is 1.81. The number of primary amides is 1. The van der Waals surface area contributed by atoms with Gasteiger partial charge in [-0.2, -0.15) is 13.2 Å². The molecule has 1 amide bonds. The van der Waals surface area contributed by atoms with E-state index < -0.39 is 18.2 Å². The first-order valence-electron chi connectivity index (χ1n) is 3.33. The van der Waals surface area contributed by atoms with E-state index in [4.69, 9.17) is 9.90 Å². The summed E-state index contributed by atoms with van der Waals surface area (Å²) in [5.41, 5.74) is 4.63. The van der Waals surface area contributed by atoms with Crippen LogP contribution in [0.4, 0.5) is 18.0 Å². The third-order valence-corrected chi connectivity index (χ3v) is 0.594. The van der Waals surface area contributed by atoms with Crippen molar-refractivity contribution < 1.29 is 32.6 Å². The van der Waals surface area contributed by atoms with Crippen molar-refractivity contribution >= 4 is 12.1 Å². The van der Waals surface area contributed by atoms with Crippen molar-refractivity contribution in [3.05, 3.63) is 0 Å². The molecule has 0 aliphatic heterocycles. The molecule has 0 aliphatic rings. The summed E-state index contributed by atoms with van der Waals surface area (Å²) in [6.07, 6.45) is -5.90. The van der Waals surface area contributed by atoms with E-state index in [0.29, 0.717) is 0 Å². The van der Waals surface area contributed by atoms with Gasteiger partial charge in [0.15, 0.2) is 0 Å². The summed E-state index contributed by atoms with van der Waals surface area (Å²) in [7, 11) is 0. The number of nitrogens with two attached hydrogens (primary N) is 1. The second-order valence-corrected chi connectivity index (χ2v) is 2.29. The van der Waals surface area contributed by atoms with E-state index in [0.717, 1.165) is 0 Å². The predicted octanol–water partition coefficient (Wildman–Crippen LogP) is 1.12. The monoisotopic (exact) mass is 217 g/mol. The zero-order valence-electron chi connectivity index (χ0n) is 7.46. The predicted molar refractivity (Wildman–Crippen MR) is 39.5 cm³/mol. The molecule has 84 valence electrons. The van der Waals surface area contributed by atoms with Crippen LogP contribution >= 0.6 is 0 Å². The lowest BCUT2D eigenvalue weighted by Crippen LogP contribution is -2.21. The molecule has 0 rings (SSSR count). The minimum atomic E-state index is -5.08. The van der Waals surface area contributed by atoms with Crippen LogP contribution in [0.25, 0.3) is 0 Å². The lowest BCUT2D eigenvalue weighted by atomic mass is 10.5. The van der Waals surface area contributed by atoms with Gasteiger partial charge in [0.05, 0.1) is 6.10 Å². The van der Waals surface area contributed by atoms with Gasteiger partial charge in [-0.25, -0.2) is 9.59 Å². The van der Waals surface area contributed by atoms with Crippen molar-refractivity contribution in [1.29, 1.82) is 0 Å². The number of rotatable bonds is 1. The summed E-state index contributed by atoms with van der Waals surface area (Å²) >= 11 is 0. The zero-order valence-corrected chi connectivity index (χ0v) is 7.46. The summed E-state index contributed by atoms with van der Waals surface area (Å²) in [5, 5.41) is 7.12. The maximum atomic E-state index is 10.6. The summed E-state index contributed by atoms with van der Waals surface area (Å²) < 4.78 is 36.1. The Morgan fingerprint density at radius 3 is 1.64 bits per heavy atom. The highest BCUT2D eigenvalue weighted by Gasteiger charge is 2.38. The van der Waals surface area contributed by atoms with Crippen LogP contribution in [0.15, 0.2) is 0 Å². The summed E-state index contributed by atoms with van der Waals surface area (Å²) in [4.78, 5) is 18.7. The molecule has 0 aromatic heterocycles. The van der Waals surface area contributed by atoms with Gasteiger partial charge in [-0.1, -0.05) is 0 Å². The van der Waals surface area contributed by atoms with E-state index in [1.807, 2.05) is 0 Å². The van der Waals surface area contributed by atoms with E-state index >= 15 is 0 Å². The fourth-order valence-corrected chi connectivity index (χ4v) is 0.232. The number of carbonyl (C=O) groups is 2. The molecule has 3 N–H and O–H groups in total. The third-order valence-electron chi connectivity index (χ3n) is 0.594. The van der Waals surface area contributed by atoms with Crippen LogP contribution in [-0.4, -0.2) is 29.4 Å². The Balaban J connectivity index is 0. The molecule has 0 aliphatic carbocycles. The first-order chi connectivity index (χ1) is 6.07. The Morgan fingerprint density at radius 1 is 1.36 bits per heavy atom. The molecule has 0 atom stereocenters. The van der Waals surface area contributed by atoms with Crippen LogP contribution in [-0.2, 0) is 9.53 Å². The Labute approximate surface area is 77.6 Å². The Bertz CT molecular complexity index is 202. The maximum absolute atomic E-state index is 10.6. The zero-order chi connectivity index (χ0) is 11.9. The highest BCUT2D eigenvalue weighted by molar-refractivity contribution is 5.73. The van der Waals surface area contributed by atoms with Gasteiger partial charge in [-0.15, -0.1) is 0 Å². The standard InChI is InChI=1S/C4H9NO2.C2HF3O2/c1-3(2)7-4(5)6;3-2(4,5)1(6)7/h3H,1-2H3,(H2,5,6);(H,6,7). The molecule has 0 aromatic rings. The van der Waals surface area contributed by atoms with Crippen LogP contribution in [0.3, 0.4) is 0 Å². The van der Waals surface area contributed by atoms with Crippen molar-refractivity contribution in [2.24, 2.45) is 5.73 Å². The van der Waals surface area contributed by atoms with Gasteiger partial charge in [-0.3, -0.25) is 0 Å². The summed E-state index contributed by atoms with van der Waals surface area (Å²) in [6.45, 7) is 3.48. The molecule has 0 radical (unpaired) electrons. The third kappa shape index (κ3) is 13.1. The molecular weight excluding hydrogens is 207 g/mol. The van der Waals surface area contributed by atoms with Gasteiger partial charge in [0.1, 0.15) is 0 Å². The minimum absolute atomic E-state index is 0.0995. The number of halogens is 3. The van der Waals surface area contributed by atoms with E-state index in [2.05, 4.69) is 10.5 Å². The number of carbonyl (C=O) groups excluding carboxylic acids is 1. The molecule has 0 saturated carbocycles. The average molecular weight is 217 g/mol. The van der Waals surface area contributed by atoms with Gasteiger partial charge in [0.25, 0.3) is 0 Å². The smallest absolute Gasteiger partial charge is 0.475 e. The van der Waals surface area contributed by atoms with Crippen molar-refractivity contribution in [3.63, 3.8) is 0 Å². The number of amides is 1. The Hall–Kier alpha value is -1.47. The van der Waals surface area contributed by atoms with Crippen LogP contribution in [0.2, 0.25) is 0 Å². The maximum Gasteiger partial charge on any atom is 0.490 e. The number of ether oxygens (including phenoxy) is 1. The van der Waals surface area contributed by atoms with E-state index in [9.17, 15) is 18.0 Å². The SMILES string of the molecule is CC(C)OC(N)=O.O=C(O)C(F)(F)F. The van der Waals surface area contributed by atoms with Crippen LogP contribution in [0.5, 0.6) is 0 Å². The number of hydrogen-bond acceptors (Lipinski definition) is 3. The molecule has 0 heterocycles. The normalized spacial score (nSPS) is 10.1. The molecule has 0 bridgehead atoms. The molecule has 0 spiro atoms. The van der Waals surface area contributed by atoms with Crippen LogP contribution in [0, 0.1) is 0 Å². The second-order valence-electron chi connectivity index (χ2n) is 2.29. The number of carboxylic acids is 1. The van der Waals surface area contributed by atoms with E-state index in [-0.39, 0.29) is 6.10 Å². The number of carboxylic acid groups (broad SMARTS) is 1. The van der Waals surface area contributed by atoms with Gasteiger partial charge >= 0.3 is 18.2 Å². The summed E-state index contributed by atoms with van der Waals surface area (Å²) in [5.74, 6) is -2.76. The molecule has 5 nitrogen and oxygen atoms in total. The lowest BCUT2D eigenvalue weighted by Gasteiger charge is -2.01. The molecule has 0 unspecified atom stereocenters. The quantitative estimate of drug-likeness (QED) is 0.688. The van der Waals surface area contributed by atoms with Gasteiger partial charge in [-0.05, 0) is 13.8 Å². The first kappa shape index (κ1) is 15.0. The van der Waals surface area contributed by atoms with Gasteiger partial charge in [0, 0.05) is 0 Å². The van der Waals surface area contributed by atoms with Crippen molar-refractivity contribution in [1.82, 2.24) is 0 Å². The fraction of sp³-hybridized carbons (Fsp3) is 0.667. The first-order valence-corrected chi connectivity index (χ1v) is 3.33. The number of hydrogen-bond donors (Lipinski definition) is 2. The second kappa shape index (κ2) is 6.06. The summed E-state index contributed by atoms with van der Waals surface area (Å²) in [6, 6.07) is 0. The Kier molecular flexibility index (Phi) is 6.50. The number of alkyl halides is 3. The highest BCUT2D eigenvalue weighted by atomic mass is 19.4. The van der Waals surface area contributed by atoms with Gasteiger partial charge in [0.2, 0.25) is 0 Å². The van der Waals surface area contributed by atoms with Crippen molar-refractivity contribution in [3.8, 4) is 0 Å². The van der Waals surface area contributed by atoms with Crippen LogP contribution < -0.4 is 5.73 Å². The molecule has 0 aromatic carbocycles. The largest absolute Gasteiger partial charge is 0.490 e. The molecule has 0 fully saturated rings. The lowest BCUT2D eigenvalue weighted by molar-refractivity contribution is -0.192. The van der Waals surface area contributed by atoms with Crippen molar-refractivity contribution in [2.45, 2.75) is 26.1 Å². The van der Waals surface area contributed by atoms with Crippen molar-refractivity contribution in [2.75, 3.05) is 0 Å².